The fourth-order valence-electron chi connectivity index (χ4n) is 2.00. The number of nitrogens with one attached hydrogen (secondary N) is 3. The summed E-state index contributed by atoms with van der Waals surface area (Å²) in [4.78, 5) is 8.75. The van der Waals surface area contributed by atoms with Crippen molar-refractivity contribution in [3.63, 3.8) is 0 Å². The molecule has 0 aliphatic carbocycles. The molecule has 1 aliphatic heterocycles. The molecule has 0 spiro atoms. The second-order valence-electron chi connectivity index (χ2n) is 4.44. The lowest BCUT2D eigenvalue weighted by Gasteiger charge is -2.14. The third-order valence-corrected chi connectivity index (χ3v) is 2.86. The van der Waals surface area contributed by atoms with E-state index in [2.05, 4.69) is 25.9 Å². The summed E-state index contributed by atoms with van der Waals surface area (Å²) in [6.07, 6.45) is 1.13. The number of hydrogen-bond donors (Lipinski definition) is 3. The van der Waals surface area contributed by atoms with Crippen LogP contribution in [0.15, 0.2) is 6.07 Å². The zero-order valence-electron chi connectivity index (χ0n) is 11.0. The van der Waals surface area contributed by atoms with Crippen LogP contribution in [-0.4, -0.2) is 49.4 Å². The minimum absolute atomic E-state index is 0.464. The maximum absolute atomic E-state index is 5.00. The van der Waals surface area contributed by atoms with Crippen molar-refractivity contribution in [1.29, 1.82) is 0 Å². The zero-order chi connectivity index (χ0) is 12.8. The quantitative estimate of drug-likeness (QED) is 0.644. The third kappa shape index (κ3) is 3.82. The molecule has 100 valence electrons. The van der Waals surface area contributed by atoms with E-state index in [4.69, 9.17) is 4.74 Å². The summed E-state index contributed by atoms with van der Waals surface area (Å²) in [6.45, 7) is 5.38. The highest BCUT2D eigenvalue weighted by Gasteiger charge is 2.14. The molecular formula is C12H21N5O. The molecule has 0 bridgehead atoms. The van der Waals surface area contributed by atoms with Gasteiger partial charge in [-0.25, -0.2) is 9.97 Å². The Morgan fingerprint density at radius 1 is 1.44 bits per heavy atom. The van der Waals surface area contributed by atoms with Crippen LogP contribution in [0, 0.1) is 6.92 Å². The summed E-state index contributed by atoms with van der Waals surface area (Å²) < 4.78 is 5.00. The summed E-state index contributed by atoms with van der Waals surface area (Å²) in [5, 5.41) is 9.97. The number of aromatic nitrogens is 2. The Morgan fingerprint density at radius 3 is 3.00 bits per heavy atom. The summed E-state index contributed by atoms with van der Waals surface area (Å²) in [5.41, 5.74) is 0. The van der Waals surface area contributed by atoms with Crippen LogP contribution in [0.25, 0.3) is 0 Å². The van der Waals surface area contributed by atoms with Crippen LogP contribution >= 0.6 is 0 Å². The molecule has 1 aromatic rings. The van der Waals surface area contributed by atoms with Crippen molar-refractivity contribution in [2.24, 2.45) is 0 Å². The Labute approximate surface area is 108 Å². The van der Waals surface area contributed by atoms with Gasteiger partial charge in [-0.1, -0.05) is 0 Å². The van der Waals surface area contributed by atoms with Gasteiger partial charge >= 0.3 is 0 Å². The first-order valence-corrected chi connectivity index (χ1v) is 6.33. The average Bonchev–Trinajstić information content (AvgIpc) is 2.81. The van der Waals surface area contributed by atoms with Crippen LogP contribution < -0.4 is 16.0 Å². The van der Waals surface area contributed by atoms with Crippen LogP contribution in [0.2, 0.25) is 0 Å². The second-order valence-corrected chi connectivity index (χ2v) is 4.44. The number of anilines is 2. The highest BCUT2D eigenvalue weighted by Crippen LogP contribution is 2.13. The van der Waals surface area contributed by atoms with Crippen LogP contribution in [0.5, 0.6) is 0 Å². The lowest BCUT2D eigenvalue weighted by Crippen LogP contribution is -2.23. The van der Waals surface area contributed by atoms with E-state index in [9.17, 15) is 0 Å². The standard InChI is InChI=1S/C12H21N5O/c1-9-15-11(14-5-6-18-2)7-12(16-9)17-10-3-4-13-8-10/h7,10,13H,3-6,8H2,1-2H3,(H2,14,15,16,17). The summed E-state index contributed by atoms with van der Waals surface area (Å²) in [6, 6.07) is 2.41. The van der Waals surface area contributed by atoms with Crippen molar-refractivity contribution in [3.05, 3.63) is 11.9 Å². The molecule has 6 nitrogen and oxygen atoms in total. The number of hydrogen-bond acceptors (Lipinski definition) is 6. The van der Waals surface area contributed by atoms with Gasteiger partial charge in [-0.15, -0.1) is 0 Å². The first-order chi connectivity index (χ1) is 8.78. The van der Waals surface area contributed by atoms with Crippen LogP contribution in [0.1, 0.15) is 12.2 Å². The molecule has 18 heavy (non-hydrogen) atoms. The van der Waals surface area contributed by atoms with Gasteiger partial charge in [0.15, 0.2) is 0 Å². The Hall–Kier alpha value is -1.40. The lowest BCUT2D eigenvalue weighted by molar-refractivity contribution is 0.210. The summed E-state index contributed by atoms with van der Waals surface area (Å²) in [5.74, 6) is 2.50. The van der Waals surface area contributed by atoms with Gasteiger partial charge in [0.1, 0.15) is 17.5 Å². The van der Waals surface area contributed by atoms with Crippen molar-refractivity contribution < 1.29 is 4.74 Å². The number of nitrogens with zero attached hydrogens (tertiary/aromatic N) is 2. The van der Waals surface area contributed by atoms with E-state index < -0.39 is 0 Å². The van der Waals surface area contributed by atoms with Gasteiger partial charge in [-0.2, -0.15) is 0 Å². The van der Waals surface area contributed by atoms with Gasteiger partial charge in [0.25, 0.3) is 0 Å². The molecule has 1 saturated heterocycles. The third-order valence-electron chi connectivity index (χ3n) is 2.86. The van der Waals surface area contributed by atoms with Gasteiger partial charge in [0, 0.05) is 32.3 Å². The molecule has 1 fully saturated rings. The summed E-state index contributed by atoms with van der Waals surface area (Å²) >= 11 is 0. The number of ether oxygens (including phenoxy) is 1. The molecule has 1 atom stereocenters. The van der Waals surface area contributed by atoms with Gasteiger partial charge < -0.3 is 20.7 Å². The van der Waals surface area contributed by atoms with Crippen molar-refractivity contribution in [2.45, 2.75) is 19.4 Å². The largest absolute Gasteiger partial charge is 0.383 e. The molecule has 0 radical (unpaired) electrons. The smallest absolute Gasteiger partial charge is 0.132 e. The monoisotopic (exact) mass is 251 g/mol. The topological polar surface area (TPSA) is 71.1 Å². The van der Waals surface area contributed by atoms with Gasteiger partial charge in [0.05, 0.1) is 6.61 Å². The second kappa shape index (κ2) is 6.51. The Bertz CT molecular complexity index is 379. The first-order valence-electron chi connectivity index (χ1n) is 6.33. The van der Waals surface area contributed by atoms with Crippen molar-refractivity contribution in [1.82, 2.24) is 15.3 Å². The van der Waals surface area contributed by atoms with Crippen LogP contribution in [-0.2, 0) is 4.74 Å². The van der Waals surface area contributed by atoms with Gasteiger partial charge in [-0.3, -0.25) is 0 Å². The highest BCUT2D eigenvalue weighted by molar-refractivity contribution is 5.48. The predicted octanol–water partition coefficient (Wildman–Crippen LogP) is 0.617. The molecule has 3 N–H and O–H groups in total. The first kappa shape index (κ1) is 13.0. The van der Waals surface area contributed by atoms with Crippen molar-refractivity contribution in [3.8, 4) is 0 Å². The van der Waals surface area contributed by atoms with E-state index in [1.54, 1.807) is 7.11 Å². The molecule has 0 amide bonds. The highest BCUT2D eigenvalue weighted by atomic mass is 16.5. The Morgan fingerprint density at radius 2 is 2.28 bits per heavy atom. The Balaban J connectivity index is 1.96. The molecule has 2 heterocycles. The van der Waals surface area contributed by atoms with Crippen molar-refractivity contribution in [2.75, 3.05) is 44.0 Å². The zero-order valence-corrected chi connectivity index (χ0v) is 11.0. The minimum Gasteiger partial charge on any atom is -0.383 e. The lowest BCUT2D eigenvalue weighted by atomic mass is 10.2. The molecule has 1 aliphatic rings. The van der Waals surface area contributed by atoms with E-state index in [1.807, 2.05) is 13.0 Å². The maximum Gasteiger partial charge on any atom is 0.132 e. The van der Waals surface area contributed by atoms with E-state index in [1.165, 1.54) is 0 Å². The predicted molar refractivity (Wildman–Crippen MR) is 72.0 cm³/mol. The molecule has 0 aromatic carbocycles. The molecular weight excluding hydrogens is 230 g/mol. The molecule has 0 saturated carbocycles. The van der Waals surface area contributed by atoms with Crippen molar-refractivity contribution >= 4 is 11.6 Å². The van der Waals surface area contributed by atoms with E-state index in [-0.39, 0.29) is 0 Å². The minimum atomic E-state index is 0.464. The van der Waals surface area contributed by atoms with Gasteiger partial charge in [0.2, 0.25) is 0 Å². The fourth-order valence-corrected chi connectivity index (χ4v) is 2.00. The van der Waals surface area contributed by atoms with E-state index in [0.29, 0.717) is 12.6 Å². The van der Waals surface area contributed by atoms with Crippen LogP contribution in [0.4, 0.5) is 11.6 Å². The van der Waals surface area contributed by atoms with E-state index in [0.717, 1.165) is 43.5 Å². The number of aryl methyl sites for hydroxylation is 1. The fraction of sp³-hybridized carbons (Fsp3) is 0.667. The number of methoxy groups -OCH3 is 1. The molecule has 1 aromatic heterocycles. The Kier molecular flexibility index (Phi) is 4.72. The van der Waals surface area contributed by atoms with E-state index >= 15 is 0 Å². The van der Waals surface area contributed by atoms with Crippen LogP contribution in [0.3, 0.4) is 0 Å². The number of rotatable bonds is 6. The summed E-state index contributed by atoms with van der Waals surface area (Å²) in [7, 11) is 1.69. The molecule has 6 heteroatoms. The molecule has 1 unspecified atom stereocenters. The SMILES string of the molecule is COCCNc1cc(NC2CCNC2)nc(C)n1. The molecule has 2 rings (SSSR count). The maximum atomic E-state index is 5.00. The average molecular weight is 251 g/mol. The normalized spacial score (nSPS) is 18.9. The van der Waals surface area contributed by atoms with Gasteiger partial charge in [-0.05, 0) is 19.9 Å².